The molecule has 21 heavy (non-hydrogen) atoms. The van der Waals surface area contributed by atoms with Gasteiger partial charge in [0.2, 0.25) is 0 Å². The maximum Gasteiger partial charge on any atom is 0.181 e. The number of morpholine rings is 1. The highest BCUT2D eigenvalue weighted by molar-refractivity contribution is 7.19. The fraction of sp³-hybridized carbons (Fsp3) is 0.769. The number of hydrogen-bond acceptors (Lipinski definition) is 8. The predicted molar refractivity (Wildman–Crippen MR) is 83.6 cm³/mol. The number of anilines is 2. The summed E-state index contributed by atoms with van der Waals surface area (Å²) in [5.41, 5.74) is 5.68. The number of aromatic nitrogens is 1. The van der Waals surface area contributed by atoms with E-state index in [2.05, 4.69) is 19.7 Å². The second-order valence-corrected chi connectivity index (χ2v) is 6.49. The topological polar surface area (TPSA) is 78.1 Å². The molecule has 1 aromatic heterocycles. The predicted octanol–water partition coefficient (Wildman–Crippen LogP) is -0.502. The van der Waals surface area contributed by atoms with Crippen molar-refractivity contribution in [3.05, 3.63) is 6.20 Å². The van der Waals surface area contributed by atoms with Gasteiger partial charge in [-0.1, -0.05) is 11.3 Å². The highest BCUT2D eigenvalue weighted by Crippen LogP contribution is 2.26. The number of piperazine rings is 1. The van der Waals surface area contributed by atoms with E-state index in [9.17, 15) is 5.11 Å². The van der Waals surface area contributed by atoms with Gasteiger partial charge in [0.15, 0.2) is 5.13 Å². The molecule has 3 heterocycles. The fourth-order valence-corrected chi connectivity index (χ4v) is 3.53. The molecule has 3 N–H and O–H groups in total. The summed E-state index contributed by atoms with van der Waals surface area (Å²) in [6.45, 7) is 7.61. The van der Waals surface area contributed by atoms with Gasteiger partial charge in [0.1, 0.15) is 11.2 Å². The Bertz CT molecular complexity index is 444. The zero-order valence-corrected chi connectivity index (χ0v) is 13.0. The van der Waals surface area contributed by atoms with E-state index >= 15 is 0 Å². The molecule has 0 bridgehead atoms. The molecule has 0 saturated carbocycles. The molecule has 1 aromatic rings. The number of aliphatic hydroxyl groups is 1. The molecule has 2 aliphatic rings. The molecule has 0 spiro atoms. The highest BCUT2D eigenvalue weighted by atomic mass is 32.1. The van der Waals surface area contributed by atoms with Crippen molar-refractivity contribution in [2.75, 3.05) is 69.7 Å². The number of nitrogens with zero attached hydrogens (tertiary/aromatic N) is 4. The quantitative estimate of drug-likeness (QED) is 0.776. The first kappa shape index (κ1) is 15.0. The summed E-state index contributed by atoms with van der Waals surface area (Å²) in [4.78, 5) is 10.8. The lowest BCUT2D eigenvalue weighted by Gasteiger charge is -2.39. The van der Waals surface area contributed by atoms with Crippen LogP contribution in [0.2, 0.25) is 0 Å². The molecule has 2 saturated heterocycles. The number of rotatable bonds is 4. The summed E-state index contributed by atoms with van der Waals surface area (Å²) in [7, 11) is 0. The largest absolute Gasteiger partial charge is 0.379 e. The minimum Gasteiger partial charge on any atom is -0.379 e. The van der Waals surface area contributed by atoms with Crippen LogP contribution in [-0.2, 0) is 4.74 Å². The molecule has 2 aliphatic heterocycles. The van der Waals surface area contributed by atoms with Crippen molar-refractivity contribution in [1.29, 1.82) is 0 Å². The van der Waals surface area contributed by atoms with Crippen LogP contribution in [0.5, 0.6) is 0 Å². The Hall–Kier alpha value is -0.930. The van der Waals surface area contributed by atoms with Crippen LogP contribution in [0.1, 0.15) is 0 Å². The zero-order valence-electron chi connectivity index (χ0n) is 12.1. The summed E-state index contributed by atoms with van der Waals surface area (Å²) in [5.74, 6) is 0. The van der Waals surface area contributed by atoms with Crippen molar-refractivity contribution in [2.45, 2.75) is 6.23 Å². The lowest BCUT2D eigenvalue weighted by Crippen LogP contribution is -2.54. The molecular formula is C13H23N5O2S. The van der Waals surface area contributed by atoms with E-state index in [0.717, 1.165) is 57.5 Å². The minimum absolute atomic E-state index is 0.392. The number of β-amino-alcohol motifs (C(OH)–C–C–N with tert-alkyl or cyclic N) is 1. The van der Waals surface area contributed by atoms with Gasteiger partial charge in [-0.15, -0.1) is 0 Å². The van der Waals surface area contributed by atoms with Crippen molar-refractivity contribution in [1.82, 2.24) is 14.8 Å². The van der Waals surface area contributed by atoms with Crippen LogP contribution in [0.4, 0.5) is 10.1 Å². The first-order valence-electron chi connectivity index (χ1n) is 7.41. The summed E-state index contributed by atoms with van der Waals surface area (Å²) < 4.78 is 5.33. The molecule has 8 heteroatoms. The first-order valence-corrected chi connectivity index (χ1v) is 8.22. The van der Waals surface area contributed by atoms with E-state index in [1.165, 1.54) is 11.3 Å². The van der Waals surface area contributed by atoms with E-state index in [4.69, 9.17) is 10.5 Å². The Kier molecular flexibility index (Phi) is 4.91. The first-order chi connectivity index (χ1) is 10.2. The van der Waals surface area contributed by atoms with Crippen molar-refractivity contribution < 1.29 is 9.84 Å². The van der Waals surface area contributed by atoms with Crippen LogP contribution in [0.15, 0.2) is 6.20 Å². The van der Waals surface area contributed by atoms with E-state index in [-0.39, 0.29) is 0 Å². The number of aliphatic hydroxyl groups excluding tert-OH is 1. The SMILES string of the molecule is Nc1ncc(N2CCN(C(O)CN3CCOCC3)CC2)s1. The average Bonchev–Trinajstić information content (AvgIpc) is 2.95. The lowest BCUT2D eigenvalue weighted by molar-refractivity contribution is -0.0458. The molecule has 0 aliphatic carbocycles. The average molecular weight is 313 g/mol. The van der Waals surface area contributed by atoms with Gasteiger partial charge in [-0.25, -0.2) is 4.98 Å². The molecule has 2 fully saturated rings. The molecular weight excluding hydrogens is 290 g/mol. The summed E-state index contributed by atoms with van der Waals surface area (Å²) >= 11 is 1.52. The fourth-order valence-electron chi connectivity index (χ4n) is 2.80. The van der Waals surface area contributed by atoms with Crippen LogP contribution in [0.25, 0.3) is 0 Å². The van der Waals surface area contributed by atoms with Crippen molar-refractivity contribution >= 4 is 21.5 Å². The standard InChI is InChI=1S/C13H23N5O2S/c14-13-15-9-12(21-13)18-3-1-17(2-4-18)11(19)10-16-5-7-20-8-6-16/h9,11,19H,1-8,10H2,(H2,14,15). The molecule has 1 unspecified atom stereocenters. The van der Waals surface area contributed by atoms with E-state index < -0.39 is 6.23 Å². The number of ether oxygens (including phenoxy) is 1. The molecule has 7 nitrogen and oxygen atoms in total. The Morgan fingerprint density at radius 1 is 1.24 bits per heavy atom. The van der Waals surface area contributed by atoms with E-state index in [0.29, 0.717) is 11.7 Å². The minimum atomic E-state index is -0.392. The van der Waals surface area contributed by atoms with Gasteiger partial charge in [-0.2, -0.15) is 0 Å². The monoisotopic (exact) mass is 313 g/mol. The molecule has 0 radical (unpaired) electrons. The second kappa shape index (κ2) is 6.89. The Morgan fingerprint density at radius 3 is 2.57 bits per heavy atom. The van der Waals surface area contributed by atoms with Gasteiger partial charge in [-0.3, -0.25) is 9.80 Å². The van der Waals surface area contributed by atoms with Crippen LogP contribution < -0.4 is 10.6 Å². The number of nitrogen functional groups attached to an aromatic ring is 1. The van der Waals surface area contributed by atoms with E-state index in [1.54, 1.807) is 0 Å². The van der Waals surface area contributed by atoms with Crippen molar-refractivity contribution in [3.63, 3.8) is 0 Å². The molecule has 3 rings (SSSR count). The smallest absolute Gasteiger partial charge is 0.181 e. The van der Waals surface area contributed by atoms with Gasteiger partial charge in [0.05, 0.1) is 19.4 Å². The maximum atomic E-state index is 10.4. The lowest BCUT2D eigenvalue weighted by atomic mass is 10.3. The second-order valence-electron chi connectivity index (χ2n) is 5.45. The van der Waals surface area contributed by atoms with Crippen LogP contribution in [0, 0.1) is 0 Å². The zero-order chi connectivity index (χ0) is 14.7. The van der Waals surface area contributed by atoms with Crippen LogP contribution >= 0.6 is 11.3 Å². The Morgan fingerprint density at radius 2 is 1.95 bits per heavy atom. The van der Waals surface area contributed by atoms with Gasteiger partial charge in [0, 0.05) is 45.8 Å². The third kappa shape index (κ3) is 3.83. The number of hydrogen-bond donors (Lipinski definition) is 2. The number of thiazole rings is 1. The molecule has 1 atom stereocenters. The molecule has 118 valence electrons. The summed E-state index contributed by atoms with van der Waals surface area (Å²) in [6.07, 6.45) is 1.44. The molecule has 0 aromatic carbocycles. The van der Waals surface area contributed by atoms with Gasteiger partial charge in [0.25, 0.3) is 0 Å². The van der Waals surface area contributed by atoms with E-state index in [1.807, 2.05) is 6.20 Å². The van der Waals surface area contributed by atoms with Gasteiger partial charge < -0.3 is 20.5 Å². The number of nitrogens with two attached hydrogens (primary N) is 1. The van der Waals surface area contributed by atoms with Crippen LogP contribution in [-0.4, -0.2) is 85.1 Å². The van der Waals surface area contributed by atoms with Crippen molar-refractivity contribution in [3.8, 4) is 0 Å². The Balaban J connectivity index is 1.46. The van der Waals surface area contributed by atoms with Crippen molar-refractivity contribution in [2.24, 2.45) is 0 Å². The Labute approximate surface area is 128 Å². The van der Waals surface area contributed by atoms with Gasteiger partial charge in [-0.05, 0) is 0 Å². The highest BCUT2D eigenvalue weighted by Gasteiger charge is 2.25. The summed E-state index contributed by atoms with van der Waals surface area (Å²) in [6, 6.07) is 0. The van der Waals surface area contributed by atoms with Gasteiger partial charge >= 0.3 is 0 Å². The maximum absolute atomic E-state index is 10.4. The third-order valence-electron chi connectivity index (χ3n) is 4.08. The van der Waals surface area contributed by atoms with Crippen LogP contribution in [0.3, 0.4) is 0 Å². The summed E-state index contributed by atoms with van der Waals surface area (Å²) in [5, 5.41) is 12.1. The normalized spacial score (nSPS) is 23.4. The molecule has 0 amide bonds. The third-order valence-corrected chi connectivity index (χ3v) is 4.97.